The molecule has 1 aromatic heterocycles. The number of ether oxygens (including phenoxy) is 3. The van der Waals surface area contributed by atoms with Gasteiger partial charge in [-0.15, -0.1) is 0 Å². The summed E-state index contributed by atoms with van der Waals surface area (Å²) < 4.78 is 24.4. The van der Waals surface area contributed by atoms with Crippen molar-refractivity contribution in [3.63, 3.8) is 0 Å². The Kier molecular flexibility index (Phi) is 5.23. The number of esters is 1. The number of allylic oxidation sites excluding steroid dienone is 1. The highest BCUT2D eigenvalue weighted by Gasteiger charge is 2.81. The van der Waals surface area contributed by atoms with E-state index >= 15 is 0 Å². The smallest absolute Gasteiger partial charge is 0.351 e. The molecule has 0 unspecified atom stereocenters. The highest BCUT2D eigenvalue weighted by molar-refractivity contribution is 5.93. The molecule has 7 nitrogen and oxygen atoms in total. The first kappa shape index (κ1) is 23.7. The third-order valence-corrected chi connectivity index (χ3v) is 9.84. The van der Waals surface area contributed by atoms with E-state index in [-0.39, 0.29) is 23.2 Å². The number of hydrogen-bond donors (Lipinski definition) is 0. The number of fused-ring (bicyclic) bond motifs is 3. The Balaban J connectivity index is 1.32. The summed E-state index contributed by atoms with van der Waals surface area (Å²) in [6, 6.07) is 7.31. The SMILES string of the molecule is CCN(CC)c1ccc2cc(C(=O)O[C@@H]3C[C@H]4O[C@@H]5C=C(C)CC[C@]5(C)[C@]3(C)[C@]43CO3)c(=O)oc2c1. The maximum absolute atomic E-state index is 13.4. The first-order valence-corrected chi connectivity index (χ1v) is 13.2. The van der Waals surface area contributed by atoms with Crippen LogP contribution in [0.2, 0.25) is 0 Å². The zero-order valence-corrected chi connectivity index (χ0v) is 21.8. The zero-order valence-electron chi connectivity index (χ0n) is 21.8. The second-order valence-electron chi connectivity index (χ2n) is 11.3. The van der Waals surface area contributed by atoms with E-state index in [1.807, 2.05) is 18.2 Å². The summed E-state index contributed by atoms with van der Waals surface area (Å²) in [5.41, 5.74) is 0.928. The molecule has 2 aromatic rings. The van der Waals surface area contributed by atoms with Crippen molar-refractivity contribution >= 4 is 22.6 Å². The van der Waals surface area contributed by atoms with Crippen molar-refractivity contribution in [2.45, 2.75) is 77.8 Å². The molecule has 6 rings (SSSR count). The molecule has 4 aliphatic rings. The second-order valence-corrected chi connectivity index (χ2v) is 11.3. The number of epoxide rings is 1. The molecule has 3 fully saturated rings. The summed E-state index contributed by atoms with van der Waals surface area (Å²) in [5.74, 6) is -0.643. The first-order chi connectivity index (χ1) is 17.2. The van der Waals surface area contributed by atoms with Gasteiger partial charge in [0.15, 0.2) is 0 Å². The van der Waals surface area contributed by atoms with Crippen molar-refractivity contribution in [3.05, 3.63) is 51.9 Å². The number of anilines is 1. The van der Waals surface area contributed by atoms with Gasteiger partial charge in [0.25, 0.3) is 0 Å². The van der Waals surface area contributed by atoms with Gasteiger partial charge >= 0.3 is 11.6 Å². The molecule has 0 radical (unpaired) electrons. The number of carbonyl (C=O) groups is 1. The monoisotopic (exact) mass is 493 g/mol. The molecule has 3 heterocycles. The van der Waals surface area contributed by atoms with Gasteiger partial charge in [0, 0.05) is 47.5 Å². The molecule has 36 heavy (non-hydrogen) atoms. The van der Waals surface area contributed by atoms with E-state index in [0.29, 0.717) is 24.0 Å². The molecule has 2 saturated heterocycles. The van der Waals surface area contributed by atoms with Crippen molar-refractivity contribution < 1.29 is 23.4 Å². The van der Waals surface area contributed by atoms with E-state index in [0.717, 1.165) is 31.6 Å². The zero-order chi connectivity index (χ0) is 25.5. The molecule has 1 aromatic carbocycles. The lowest BCUT2D eigenvalue weighted by atomic mass is 9.52. The van der Waals surface area contributed by atoms with E-state index < -0.39 is 28.7 Å². The summed E-state index contributed by atoms with van der Waals surface area (Å²) in [6.07, 6.45) is 4.13. The fraction of sp³-hybridized carbons (Fsp3) is 0.586. The van der Waals surface area contributed by atoms with Crippen LogP contribution in [0.15, 0.2) is 45.1 Å². The quantitative estimate of drug-likeness (QED) is 0.255. The predicted octanol–water partition coefficient (Wildman–Crippen LogP) is 4.86. The van der Waals surface area contributed by atoms with Crippen LogP contribution in [0.4, 0.5) is 5.69 Å². The average Bonchev–Trinajstić information content (AvgIpc) is 3.63. The molecule has 0 amide bonds. The molecule has 2 bridgehead atoms. The minimum atomic E-state index is -0.677. The van der Waals surface area contributed by atoms with Crippen LogP contribution in [0.3, 0.4) is 0 Å². The van der Waals surface area contributed by atoms with Crippen LogP contribution in [0.5, 0.6) is 0 Å². The highest BCUT2D eigenvalue weighted by atomic mass is 16.6. The Hall–Kier alpha value is -2.64. The van der Waals surface area contributed by atoms with Crippen molar-refractivity contribution in [3.8, 4) is 0 Å². The van der Waals surface area contributed by atoms with Gasteiger partial charge in [-0.25, -0.2) is 9.59 Å². The van der Waals surface area contributed by atoms with Gasteiger partial charge in [0.2, 0.25) is 0 Å². The van der Waals surface area contributed by atoms with Crippen LogP contribution in [0.1, 0.15) is 64.2 Å². The molecule has 6 atom stereocenters. The lowest BCUT2D eigenvalue weighted by Crippen LogP contribution is -2.63. The number of rotatable bonds is 5. The summed E-state index contributed by atoms with van der Waals surface area (Å²) >= 11 is 0. The topological polar surface area (TPSA) is 81.5 Å². The summed E-state index contributed by atoms with van der Waals surface area (Å²) in [6.45, 7) is 13.0. The van der Waals surface area contributed by atoms with E-state index in [1.54, 1.807) is 6.07 Å². The first-order valence-electron chi connectivity index (χ1n) is 13.2. The second kappa shape index (κ2) is 7.93. The molecule has 7 heteroatoms. The van der Waals surface area contributed by atoms with E-state index in [4.69, 9.17) is 18.6 Å². The van der Waals surface area contributed by atoms with Crippen molar-refractivity contribution in [2.24, 2.45) is 10.8 Å². The molecule has 2 aliphatic carbocycles. The van der Waals surface area contributed by atoms with Gasteiger partial charge in [-0.1, -0.05) is 25.5 Å². The molecule has 2 aliphatic heterocycles. The third-order valence-electron chi connectivity index (χ3n) is 9.84. The fourth-order valence-corrected chi connectivity index (χ4v) is 7.24. The maximum Gasteiger partial charge on any atom is 0.351 e. The average molecular weight is 494 g/mol. The maximum atomic E-state index is 13.4. The predicted molar refractivity (Wildman–Crippen MR) is 136 cm³/mol. The van der Waals surface area contributed by atoms with Crippen LogP contribution >= 0.6 is 0 Å². The lowest BCUT2D eigenvalue weighted by Gasteiger charge is -2.57. The van der Waals surface area contributed by atoms with E-state index in [2.05, 4.69) is 45.6 Å². The standard InChI is InChI=1S/C29H35NO6/c1-6-30(7-2)19-9-8-18-13-20(25(31)34-21(18)14-19)26(32)36-23-15-24-29(16-33-29)28(23,5)27(4)11-10-17(3)12-22(27)35-24/h8-9,12-14,22-24H,6-7,10-11,15-16H2,1-5H3/t22-,23-,24-,27+,28-,29+/m1/s1. The van der Waals surface area contributed by atoms with Crippen LogP contribution in [-0.2, 0) is 14.2 Å². The van der Waals surface area contributed by atoms with Gasteiger partial charge in [-0.2, -0.15) is 0 Å². The molecular formula is C29H35NO6. The Morgan fingerprint density at radius 2 is 1.94 bits per heavy atom. The molecule has 1 saturated carbocycles. The molecule has 0 N–H and O–H groups in total. The van der Waals surface area contributed by atoms with Gasteiger partial charge in [-0.05, 0) is 51.8 Å². The van der Waals surface area contributed by atoms with E-state index in [1.165, 1.54) is 5.57 Å². The normalized spacial score (nSPS) is 36.5. The van der Waals surface area contributed by atoms with Crippen LogP contribution in [0.25, 0.3) is 11.0 Å². The van der Waals surface area contributed by atoms with Gasteiger partial charge < -0.3 is 23.5 Å². The summed E-state index contributed by atoms with van der Waals surface area (Å²) in [7, 11) is 0. The van der Waals surface area contributed by atoms with E-state index in [9.17, 15) is 9.59 Å². The Labute approximate surface area is 211 Å². The Morgan fingerprint density at radius 1 is 1.19 bits per heavy atom. The summed E-state index contributed by atoms with van der Waals surface area (Å²) in [5, 5.41) is 0.694. The Bertz CT molecular complexity index is 1320. The number of nitrogens with zero attached hydrogens (tertiary/aromatic N) is 1. The summed E-state index contributed by atoms with van der Waals surface area (Å²) in [4.78, 5) is 28.5. The highest BCUT2D eigenvalue weighted by Crippen LogP contribution is 2.71. The fourth-order valence-electron chi connectivity index (χ4n) is 7.24. The van der Waals surface area contributed by atoms with Gasteiger partial charge in [0.05, 0.1) is 18.8 Å². The van der Waals surface area contributed by atoms with Gasteiger partial charge in [0.1, 0.15) is 22.9 Å². The Morgan fingerprint density at radius 3 is 2.64 bits per heavy atom. The van der Waals surface area contributed by atoms with Crippen molar-refractivity contribution in [1.82, 2.24) is 0 Å². The molecule has 1 spiro atoms. The minimum absolute atomic E-state index is 0.0366. The van der Waals surface area contributed by atoms with Crippen LogP contribution in [0, 0.1) is 10.8 Å². The van der Waals surface area contributed by atoms with Gasteiger partial charge in [-0.3, -0.25) is 0 Å². The number of hydrogen-bond acceptors (Lipinski definition) is 7. The molecule has 192 valence electrons. The van der Waals surface area contributed by atoms with Crippen LogP contribution < -0.4 is 10.5 Å². The van der Waals surface area contributed by atoms with Crippen molar-refractivity contribution in [1.29, 1.82) is 0 Å². The minimum Gasteiger partial charge on any atom is -0.458 e. The van der Waals surface area contributed by atoms with Crippen molar-refractivity contribution in [2.75, 3.05) is 24.6 Å². The van der Waals surface area contributed by atoms with Crippen LogP contribution in [-0.4, -0.2) is 49.6 Å². The number of carbonyl (C=O) groups excluding carboxylic acids is 1. The third kappa shape index (κ3) is 3.05. The largest absolute Gasteiger partial charge is 0.458 e. The lowest BCUT2D eigenvalue weighted by molar-refractivity contribution is -0.204. The number of benzene rings is 1. The molecular weight excluding hydrogens is 458 g/mol.